The summed E-state index contributed by atoms with van der Waals surface area (Å²) in [5.74, 6) is 0.364. The van der Waals surface area contributed by atoms with Gasteiger partial charge in [-0.25, -0.2) is 0 Å². The molecule has 0 radical (unpaired) electrons. The predicted octanol–water partition coefficient (Wildman–Crippen LogP) is 6.59. The van der Waals surface area contributed by atoms with Gasteiger partial charge in [0.05, 0.1) is 5.52 Å². The number of halogens is 2. The normalized spacial score (nSPS) is 13.2. The molecule has 0 amide bonds. The first-order valence-corrected chi connectivity index (χ1v) is 11.7. The summed E-state index contributed by atoms with van der Waals surface area (Å²) >= 11 is 17.8. The van der Waals surface area contributed by atoms with Crippen LogP contribution in [-0.4, -0.2) is 24.9 Å². The first kappa shape index (κ1) is 22.7. The van der Waals surface area contributed by atoms with E-state index in [1.165, 1.54) is 0 Å². The van der Waals surface area contributed by atoms with Gasteiger partial charge in [-0.15, -0.1) is 0 Å². The SMILES string of the molecule is Cc1cc(-c2cccc(Cl)c2)c2cc(C(O)(c3ccc(Cl)cc3)c3n[nH]c(=S)n3C)ccc2n1. The molecule has 0 saturated heterocycles. The minimum Gasteiger partial charge on any atom is -0.373 e. The zero-order valence-corrected chi connectivity index (χ0v) is 20.7. The van der Waals surface area contributed by atoms with Crippen LogP contribution in [0.2, 0.25) is 10.0 Å². The molecule has 3 aromatic carbocycles. The molecule has 0 fully saturated rings. The van der Waals surface area contributed by atoms with Crippen molar-refractivity contribution in [1.29, 1.82) is 0 Å². The summed E-state index contributed by atoms with van der Waals surface area (Å²) < 4.78 is 2.07. The van der Waals surface area contributed by atoms with Gasteiger partial charge in [-0.2, -0.15) is 5.10 Å². The summed E-state index contributed by atoms with van der Waals surface area (Å²) in [5, 5.41) is 21.6. The van der Waals surface area contributed by atoms with Gasteiger partial charge in [-0.05, 0) is 83.9 Å². The molecule has 0 bridgehead atoms. The van der Waals surface area contributed by atoms with E-state index in [4.69, 9.17) is 40.4 Å². The summed E-state index contributed by atoms with van der Waals surface area (Å²) in [5.41, 5.74) is 3.27. The molecule has 2 aromatic heterocycles. The molecule has 0 aliphatic carbocycles. The first-order chi connectivity index (χ1) is 16.3. The van der Waals surface area contributed by atoms with Crippen LogP contribution in [-0.2, 0) is 12.6 Å². The number of aromatic amines is 1. The average molecular weight is 507 g/mol. The Morgan fingerprint density at radius 1 is 0.941 bits per heavy atom. The summed E-state index contributed by atoms with van der Waals surface area (Å²) in [6.07, 6.45) is 0. The Labute approximate surface area is 211 Å². The quantitative estimate of drug-likeness (QED) is 0.269. The smallest absolute Gasteiger partial charge is 0.194 e. The maximum Gasteiger partial charge on any atom is 0.194 e. The topological polar surface area (TPSA) is 66.7 Å². The Morgan fingerprint density at radius 2 is 1.68 bits per heavy atom. The monoisotopic (exact) mass is 506 g/mol. The number of hydrogen-bond donors (Lipinski definition) is 2. The van der Waals surface area contributed by atoms with Crippen molar-refractivity contribution < 1.29 is 5.11 Å². The molecule has 1 atom stereocenters. The minimum absolute atomic E-state index is 0.364. The number of nitrogens with one attached hydrogen (secondary N) is 1. The van der Waals surface area contributed by atoms with E-state index >= 15 is 0 Å². The molecule has 5 nitrogen and oxygen atoms in total. The number of H-pyrrole nitrogens is 1. The van der Waals surface area contributed by atoms with Crippen LogP contribution in [0.1, 0.15) is 22.6 Å². The molecule has 170 valence electrons. The second-order valence-electron chi connectivity index (χ2n) is 8.18. The zero-order valence-electron chi connectivity index (χ0n) is 18.4. The number of benzene rings is 3. The second kappa shape index (κ2) is 8.64. The highest BCUT2D eigenvalue weighted by atomic mass is 35.5. The Balaban J connectivity index is 1.82. The molecular weight excluding hydrogens is 487 g/mol. The third-order valence-electron chi connectivity index (χ3n) is 5.96. The fourth-order valence-electron chi connectivity index (χ4n) is 4.26. The third-order valence-corrected chi connectivity index (χ3v) is 6.81. The van der Waals surface area contributed by atoms with Crippen molar-refractivity contribution >= 4 is 46.3 Å². The Hall–Kier alpha value is -3.03. The minimum atomic E-state index is -1.60. The fraction of sp³-hybridized carbons (Fsp3) is 0.115. The van der Waals surface area contributed by atoms with Gasteiger partial charge in [0.2, 0.25) is 0 Å². The Morgan fingerprint density at radius 3 is 2.35 bits per heavy atom. The molecule has 34 heavy (non-hydrogen) atoms. The molecule has 5 aromatic rings. The Kier molecular flexibility index (Phi) is 5.78. The number of hydrogen-bond acceptors (Lipinski definition) is 4. The molecule has 2 N–H and O–H groups in total. The second-order valence-corrected chi connectivity index (χ2v) is 9.44. The lowest BCUT2D eigenvalue weighted by atomic mass is 9.84. The molecule has 8 heteroatoms. The zero-order chi connectivity index (χ0) is 24.0. The van der Waals surface area contributed by atoms with Gasteiger partial charge in [0, 0.05) is 28.2 Å². The van der Waals surface area contributed by atoms with E-state index in [2.05, 4.69) is 10.2 Å². The van der Waals surface area contributed by atoms with Crippen LogP contribution in [0, 0.1) is 11.7 Å². The maximum absolute atomic E-state index is 12.3. The van der Waals surface area contributed by atoms with Crippen molar-refractivity contribution in [2.24, 2.45) is 7.05 Å². The van der Waals surface area contributed by atoms with Gasteiger partial charge in [0.1, 0.15) is 0 Å². The fourth-order valence-corrected chi connectivity index (χ4v) is 4.71. The van der Waals surface area contributed by atoms with Crippen molar-refractivity contribution in [2.45, 2.75) is 12.5 Å². The summed E-state index contributed by atoms with van der Waals surface area (Å²) in [6, 6.07) is 22.5. The van der Waals surface area contributed by atoms with E-state index in [0.29, 0.717) is 31.8 Å². The summed E-state index contributed by atoms with van der Waals surface area (Å²) in [4.78, 5) is 4.71. The van der Waals surface area contributed by atoms with Crippen molar-refractivity contribution in [1.82, 2.24) is 19.7 Å². The van der Waals surface area contributed by atoms with Gasteiger partial charge < -0.3 is 9.67 Å². The van der Waals surface area contributed by atoms with E-state index in [0.717, 1.165) is 27.7 Å². The number of rotatable bonds is 4. The highest BCUT2D eigenvalue weighted by Crippen LogP contribution is 2.39. The predicted molar refractivity (Wildman–Crippen MR) is 139 cm³/mol. The standard InChI is InChI=1S/C26H20Cl2N4OS/c1-15-12-21(16-4-3-5-20(28)13-16)22-14-18(8-11-23(22)29-15)26(33,17-6-9-19(27)10-7-17)24-30-31-25(34)32(24)2/h3-14,33H,1-2H3,(H,31,34). The number of pyridine rings is 1. The maximum atomic E-state index is 12.3. The van der Waals surface area contributed by atoms with Crippen LogP contribution in [0.25, 0.3) is 22.0 Å². The molecule has 0 saturated carbocycles. The molecular formula is C26H20Cl2N4OS. The number of fused-ring (bicyclic) bond motifs is 1. The molecule has 2 heterocycles. The van der Waals surface area contributed by atoms with Gasteiger partial charge in [0.15, 0.2) is 16.2 Å². The van der Waals surface area contributed by atoms with Gasteiger partial charge in [-0.3, -0.25) is 10.1 Å². The van der Waals surface area contributed by atoms with Crippen LogP contribution in [0.3, 0.4) is 0 Å². The van der Waals surface area contributed by atoms with Crippen LogP contribution in [0.5, 0.6) is 0 Å². The average Bonchev–Trinajstić information content (AvgIpc) is 3.16. The molecule has 5 rings (SSSR count). The van der Waals surface area contributed by atoms with Gasteiger partial charge in [0.25, 0.3) is 0 Å². The highest BCUT2D eigenvalue weighted by Gasteiger charge is 2.38. The van der Waals surface area contributed by atoms with E-state index < -0.39 is 5.60 Å². The van der Waals surface area contributed by atoms with Gasteiger partial charge in [-0.1, -0.05) is 53.5 Å². The van der Waals surface area contributed by atoms with Gasteiger partial charge >= 0.3 is 0 Å². The third kappa shape index (κ3) is 3.83. The first-order valence-electron chi connectivity index (χ1n) is 10.6. The van der Waals surface area contributed by atoms with Crippen molar-refractivity contribution in [3.63, 3.8) is 0 Å². The number of aliphatic hydroxyl groups is 1. The number of nitrogens with zero attached hydrogens (tertiary/aromatic N) is 3. The van der Waals surface area contributed by atoms with Crippen LogP contribution < -0.4 is 0 Å². The number of aryl methyl sites for hydroxylation is 1. The van der Waals surface area contributed by atoms with E-state index in [-0.39, 0.29) is 0 Å². The lowest BCUT2D eigenvalue weighted by Gasteiger charge is -2.29. The van der Waals surface area contributed by atoms with Crippen LogP contribution >= 0.6 is 35.4 Å². The molecule has 1 unspecified atom stereocenters. The number of aromatic nitrogens is 4. The van der Waals surface area contributed by atoms with Crippen LogP contribution in [0.15, 0.2) is 72.8 Å². The highest BCUT2D eigenvalue weighted by molar-refractivity contribution is 7.71. The van der Waals surface area contributed by atoms with E-state index in [9.17, 15) is 5.11 Å². The lowest BCUT2D eigenvalue weighted by molar-refractivity contribution is 0.112. The lowest BCUT2D eigenvalue weighted by Crippen LogP contribution is -2.32. The molecule has 0 aliphatic rings. The molecule has 0 aliphatic heterocycles. The van der Waals surface area contributed by atoms with Crippen molar-refractivity contribution in [3.05, 3.63) is 110 Å². The van der Waals surface area contributed by atoms with Crippen molar-refractivity contribution in [2.75, 3.05) is 0 Å². The molecule has 0 spiro atoms. The van der Waals surface area contributed by atoms with Crippen LogP contribution in [0.4, 0.5) is 0 Å². The van der Waals surface area contributed by atoms with E-state index in [1.807, 2.05) is 55.5 Å². The summed E-state index contributed by atoms with van der Waals surface area (Å²) in [6.45, 7) is 1.96. The Bertz CT molecular complexity index is 1590. The largest absolute Gasteiger partial charge is 0.373 e. The van der Waals surface area contributed by atoms with Crippen molar-refractivity contribution in [3.8, 4) is 11.1 Å². The summed E-state index contributed by atoms with van der Waals surface area (Å²) in [7, 11) is 1.77. The van der Waals surface area contributed by atoms with E-state index in [1.54, 1.807) is 35.9 Å².